The number of rotatable bonds is 7. The Bertz CT molecular complexity index is 1540. The smallest absolute Gasteiger partial charge is 0.318 e. The molecule has 2 atom stereocenters. The van der Waals surface area contributed by atoms with Gasteiger partial charge in [-0.15, -0.1) is 0 Å². The average Bonchev–Trinajstić information content (AvgIpc) is 3.43. The number of likely N-dealkylation sites (tertiary alicyclic amines) is 1. The van der Waals surface area contributed by atoms with Gasteiger partial charge in [0.25, 0.3) is 5.91 Å². The van der Waals surface area contributed by atoms with E-state index in [0.717, 1.165) is 70.9 Å². The van der Waals surface area contributed by atoms with Crippen molar-refractivity contribution in [1.29, 1.82) is 5.26 Å². The van der Waals surface area contributed by atoms with Crippen LogP contribution in [-0.2, 0) is 17.8 Å². The van der Waals surface area contributed by atoms with Gasteiger partial charge in [0.2, 0.25) is 0 Å². The monoisotopic (exact) mass is 641 g/mol. The molecule has 0 radical (unpaired) electrons. The summed E-state index contributed by atoms with van der Waals surface area (Å²) >= 11 is 18.6. The van der Waals surface area contributed by atoms with E-state index >= 15 is 0 Å². The van der Waals surface area contributed by atoms with Crippen molar-refractivity contribution in [2.24, 2.45) is 0 Å². The predicted molar refractivity (Wildman–Crippen MR) is 170 cm³/mol. The quantitative estimate of drug-likeness (QED) is 0.331. The Balaban J connectivity index is 1.33. The molecule has 1 aromatic heterocycles. The molecule has 4 heterocycles. The summed E-state index contributed by atoms with van der Waals surface area (Å²) in [5, 5.41) is 12.4. The number of aromatic nitrogens is 2. The van der Waals surface area contributed by atoms with Crippen molar-refractivity contribution in [3.8, 4) is 12.1 Å². The van der Waals surface area contributed by atoms with Crippen molar-refractivity contribution in [3.05, 3.63) is 52.7 Å². The lowest BCUT2D eigenvalue weighted by Crippen LogP contribution is -2.56. The number of carbonyl (C=O) groups is 1. The highest BCUT2D eigenvalue weighted by molar-refractivity contribution is 6.53. The van der Waals surface area contributed by atoms with Crippen LogP contribution in [0.5, 0.6) is 6.01 Å². The first-order valence-corrected chi connectivity index (χ1v) is 15.9. The molecule has 0 unspecified atom stereocenters. The molecule has 0 spiro atoms. The van der Waals surface area contributed by atoms with Crippen LogP contribution in [0.2, 0.25) is 5.02 Å². The van der Waals surface area contributed by atoms with Crippen molar-refractivity contribution >= 4 is 63.0 Å². The Kier molecular flexibility index (Phi) is 9.01. The van der Waals surface area contributed by atoms with E-state index in [-0.39, 0.29) is 18.4 Å². The number of benzene rings is 2. The third-order valence-corrected chi connectivity index (χ3v) is 9.54. The molecule has 3 aromatic rings. The maximum atomic E-state index is 12.7. The second kappa shape index (κ2) is 12.9. The molecule has 12 heteroatoms. The fourth-order valence-corrected chi connectivity index (χ4v) is 7.09. The molecule has 6 rings (SSSR count). The minimum atomic E-state index is -1.16. The van der Waals surface area contributed by atoms with Gasteiger partial charge in [0.1, 0.15) is 12.4 Å². The van der Waals surface area contributed by atoms with E-state index < -0.39 is 4.84 Å². The Morgan fingerprint density at radius 1 is 1.09 bits per heavy atom. The third kappa shape index (κ3) is 6.16. The number of carbonyl (C=O) groups excluding carboxylic acids is 1. The molecule has 9 nitrogen and oxygen atoms in total. The molecule has 0 saturated carbocycles. The first kappa shape index (κ1) is 30.0. The first-order valence-electron chi connectivity index (χ1n) is 14.7. The van der Waals surface area contributed by atoms with Gasteiger partial charge in [0.05, 0.1) is 35.8 Å². The maximum Gasteiger partial charge on any atom is 0.318 e. The maximum absolute atomic E-state index is 12.7. The summed E-state index contributed by atoms with van der Waals surface area (Å²) in [6.07, 6.45) is 3.13. The van der Waals surface area contributed by atoms with Gasteiger partial charge in [-0.2, -0.15) is 15.2 Å². The molecule has 3 aliphatic heterocycles. The van der Waals surface area contributed by atoms with E-state index in [2.05, 4.69) is 52.1 Å². The van der Waals surface area contributed by atoms with Crippen LogP contribution < -0.4 is 14.5 Å². The van der Waals surface area contributed by atoms with Crippen molar-refractivity contribution in [2.75, 3.05) is 56.2 Å². The number of alkyl halides is 2. The molecule has 43 heavy (non-hydrogen) atoms. The van der Waals surface area contributed by atoms with Crippen LogP contribution in [0.15, 0.2) is 36.4 Å². The minimum Gasteiger partial charge on any atom is -0.462 e. The number of fused-ring (bicyclic) bond motifs is 2. The number of amides is 1. The van der Waals surface area contributed by atoms with Gasteiger partial charge in [0, 0.05) is 48.9 Å². The van der Waals surface area contributed by atoms with Crippen LogP contribution in [0.4, 0.5) is 11.5 Å². The SMILES string of the molecule is CN1CCC[C@H]1COc1nc2c(c(N3CCN(C(=O)C(Cl)Cl)[C@@H](CC#N)C3)n1)CCN(c1cccc3cccc(Cl)c13)C2. The highest BCUT2D eigenvalue weighted by atomic mass is 35.5. The summed E-state index contributed by atoms with van der Waals surface area (Å²) in [5.74, 6) is 0.431. The normalized spacial score (nSPS) is 20.9. The second-order valence-electron chi connectivity index (χ2n) is 11.4. The highest BCUT2D eigenvalue weighted by Crippen LogP contribution is 2.37. The molecular formula is C31H34Cl3N7O2. The summed E-state index contributed by atoms with van der Waals surface area (Å²) in [6.45, 7) is 4.28. The molecule has 0 bridgehead atoms. The molecule has 0 aliphatic carbocycles. The topological polar surface area (TPSA) is 88.8 Å². The Labute approximate surface area is 266 Å². The molecule has 2 saturated heterocycles. The van der Waals surface area contributed by atoms with E-state index in [0.29, 0.717) is 44.8 Å². The number of nitriles is 1. The number of nitrogens with zero attached hydrogens (tertiary/aromatic N) is 7. The number of anilines is 2. The van der Waals surface area contributed by atoms with Crippen LogP contribution in [0.25, 0.3) is 10.8 Å². The molecule has 3 aliphatic rings. The number of ether oxygens (including phenoxy) is 1. The number of halogens is 3. The molecular weight excluding hydrogens is 609 g/mol. The Hall–Kier alpha value is -3.03. The van der Waals surface area contributed by atoms with Gasteiger partial charge in [-0.05, 0) is 50.4 Å². The average molecular weight is 643 g/mol. The van der Waals surface area contributed by atoms with Crippen molar-refractivity contribution in [2.45, 2.75) is 49.1 Å². The van der Waals surface area contributed by atoms with Gasteiger partial charge in [-0.25, -0.2) is 0 Å². The van der Waals surface area contributed by atoms with Gasteiger partial charge < -0.3 is 24.3 Å². The van der Waals surface area contributed by atoms with Crippen LogP contribution in [0.1, 0.15) is 30.5 Å². The van der Waals surface area contributed by atoms with Gasteiger partial charge in [-0.3, -0.25) is 4.79 Å². The molecule has 2 aromatic carbocycles. The highest BCUT2D eigenvalue weighted by Gasteiger charge is 2.35. The van der Waals surface area contributed by atoms with Gasteiger partial charge in [-0.1, -0.05) is 59.1 Å². The van der Waals surface area contributed by atoms with Crippen molar-refractivity contribution < 1.29 is 9.53 Å². The number of piperazine rings is 1. The molecule has 1 amide bonds. The number of hydrogen-bond acceptors (Lipinski definition) is 8. The lowest BCUT2D eigenvalue weighted by atomic mass is 10.0. The summed E-state index contributed by atoms with van der Waals surface area (Å²) < 4.78 is 6.27. The van der Waals surface area contributed by atoms with E-state index in [1.165, 1.54) is 0 Å². The minimum absolute atomic E-state index is 0.170. The van der Waals surface area contributed by atoms with Crippen LogP contribution in [0.3, 0.4) is 0 Å². The lowest BCUT2D eigenvalue weighted by Gasteiger charge is -2.42. The third-order valence-electron chi connectivity index (χ3n) is 8.85. The fraction of sp³-hybridized carbons (Fsp3) is 0.484. The lowest BCUT2D eigenvalue weighted by molar-refractivity contribution is -0.132. The van der Waals surface area contributed by atoms with Gasteiger partial charge in [0.15, 0.2) is 4.84 Å². The zero-order valence-corrected chi connectivity index (χ0v) is 26.3. The Morgan fingerprint density at radius 3 is 2.65 bits per heavy atom. The van der Waals surface area contributed by atoms with Crippen LogP contribution in [0, 0.1) is 11.3 Å². The molecule has 2 fully saturated rings. The molecule has 226 valence electrons. The van der Waals surface area contributed by atoms with Gasteiger partial charge >= 0.3 is 6.01 Å². The van der Waals surface area contributed by atoms with E-state index in [4.69, 9.17) is 49.5 Å². The predicted octanol–water partition coefficient (Wildman–Crippen LogP) is 5.05. The fourth-order valence-electron chi connectivity index (χ4n) is 6.56. The summed E-state index contributed by atoms with van der Waals surface area (Å²) in [7, 11) is 2.12. The first-order chi connectivity index (χ1) is 20.8. The van der Waals surface area contributed by atoms with Crippen LogP contribution in [-0.4, -0.2) is 89.0 Å². The largest absolute Gasteiger partial charge is 0.462 e. The zero-order valence-electron chi connectivity index (χ0n) is 24.1. The standard InChI is InChI=1S/C31H34Cl3N7O2/c1-38-13-4-7-22(38)19-43-31-36-25-18-39(26-9-3-6-20-5-2-8-24(32)27(20)26)14-11-23(25)29(37-31)40-15-16-41(30(42)28(33)34)21(17-40)10-12-35/h2-3,5-6,8-9,21-22,28H,4,7,10-11,13-19H2,1H3/t21-,22-/m0/s1. The van der Waals surface area contributed by atoms with Crippen molar-refractivity contribution in [3.63, 3.8) is 0 Å². The number of hydrogen-bond donors (Lipinski definition) is 0. The number of likely N-dealkylation sites (N-methyl/N-ethyl adjacent to an activating group) is 1. The van der Waals surface area contributed by atoms with E-state index in [9.17, 15) is 10.1 Å². The summed E-state index contributed by atoms with van der Waals surface area (Å²) in [6, 6.07) is 14.8. The Morgan fingerprint density at radius 2 is 1.91 bits per heavy atom. The summed E-state index contributed by atoms with van der Waals surface area (Å²) in [5.41, 5.74) is 3.05. The second-order valence-corrected chi connectivity index (χ2v) is 12.9. The van der Waals surface area contributed by atoms with Crippen molar-refractivity contribution in [1.82, 2.24) is 19.8 Å². The zero-order chi connectivity index (χ0) is 30.1. The van der Waals surface area contributed by atoms with Crippen LogP contribution >= 0.6 is 34.8 Å². The summed E-state index contributed by atoms with van der Waals surface area (Å²) in [4.78, 5) is 29.9. The molecule has 0 N–H and O–H groups in total. The van der Waals surface area contributed by atoms with E-state index in [1.807, 2.05) is 12.1 Å². The van der Waals surface area contributed by atoms with E-state index in [1.54, 1.807) is 4.90 Å².